The van der Waals surface area contributed by atoms with Crippen LogP contribution in [0.15, 0.2) is 52.5 Å². The van der Waals surface area contributed by atoms with E-state index in [1.165, 1.54) is 11.9 Å². The van der Waals surface area contributed by atoms with Crippen molar-refractivity contribution in [3.05, 3.63) is 65.5 Å². The van der Waals surface area contributed by atoms with Crippen LogP contribution in [0.4, 0.5) is 19.0 Å². The van der Waals surface area contributed by atoms with Crippen LogP contribution in [-0.4, -0.2) is 78.1 Å². The van der Waals surface area contributed by atoms with Gasteiger partial charge in [0.1, 0.15) is 23.1 Å². The molecule has 2 heterocycles. The number of hydrogen-bond acceptors (Lipinski definition) is 6. The quantitative estimate of drug-likeness (QED) is 0.151. The molecule has 0 radical (unpaired) electrons. The molecule has 1 aliphatic rings. The van der Waals surface area contributed by atoms with Gasteiger partial charge in [-0.15, -0.1) is 6.58 Å². The predicted octanol–water partition coefficient (Wildman–Crippen LogP) is 4.65. The Bertz CT molecular complexity index is 1440. The maximum Gasteiger partial charge on any atom is 0.215 e. The van der Waals surface area contributed by atoms with Gasteiger partial charge in [-0.25, -0.2) is 18.2 Å². The smallest absolute Gasteiger partial charge is 0.215 e. The minimum absolute atomic E-state index is 0.0104. The lowest BCUT2D eigenvalue weighted by Crippen LogP contribution is -2.49. The molecule has 3 unspecified atom stereocenters. The third-order valence-corrected chi connectivity index (χ3v) is 7.30. The average Bonchev–Trinajstić information content (AvgIpc) is 2.97. The molecule has 0 saturated carbocycles. The lowest BCUT2D eigenvalue weighted by Gasteiger charge is -2.38. The molecule has 12 heteroatoms. The average molecular weight is 599 g/mol. The number of pyridine rings is 1. The first-order valence-corrected chi connectivity index (χ1v) is 13.8. The summed E-state index contributed by atoms with van der Waals surface area (Å²) in [6, 6.07) is 0.947. The summed E-state index contributed by atoms with van der Waals surface area (Å²) in [6.07, 6.45) is 6.79. The number of benzene rings is 1. The van der Waals surface area contributed by atoms with Crippen LogP contribution in [-0.2, 0) is 9.59 Å². The first-order chi connectivity index (χ1) is 20.5. The van der Waals surface area contributed by atoms with E-state index in [9.17, 15) is 23.5 Å². The van der Waals surface area contributed by atoms with Crippen LogP contribution >= 0.6 is 0 Å². The first-order valence-electron chi connectivity index (χ1n) is 13.8. The Balaban J connectivity index is 2.37. The number of aromatic nitrogens is 1. The molecule has 3 rings (SSSR count). The molecule has 2 N–H and O–H groups in total. The van der Waals surface area contributed by atoms with E-state index in [1.54, 1.807) is 18.4 Å². The van der Waals surface area contributed by atoms with E-state index < -0.39 is 40.5 Å². The minimum Gasteiger partial charge on any atom is -0.507 e. The topological polar surface area (TPSA) is 110 Å². The number of phenols is 1. The number of carbonyl (C=O) groups is 2. The molecule has 1 aromatic carbocycles. The van der Waals surface area contributed by atoms with Gasteiger partial charge < -0.3 is 15.3 Å². The number of nitrogens with one attached hydrogen (secondary N) is 1. The fraction of sp³-hybridized carbons (Fsp3) is 0.387. The molecule has 2 aromatic rings. The van der Waals surface area contributed by atoms with Crippen LogP contribution in [0.2, 0.25) is 0 Å². The number of nitrogens with zero attached hydrogens (tertiary/aromatic N) is 5. The van der Waals surface area contributed by atoms with Gasteiger partial charge in [0.05, 0.1) is 17.6 Å². The van der Waals surface area contributed by atoms with Crippen LogP contribution < -0.4 is 10.2 Å². The van der Waals surface area contributed by atoms with E-state index in [0.29, 0.717) is 37.9 Å². The third kappa shape index (κ3) is 7.12. The summed E-state index contributed by atoms with van der Waals surface area (Å²) in [5.74, 6) is -4.10. The van der Waals surface area contributed by atoms with Gasteiger partial charge in [0, 0.05) is 44.0 Å². The number of aliphatic imine (C=N–C) groups is 2. The fourth-order valence-corrected chi connectivity index (χ4v) is 5.13. The lowest BCUT2D eigenvalue weighted by molar-refractivity contribution is -0.110. The predicted molar refractivity (Wildman–Crippen MR) is 162 cm³/mol. The van der Waals surface area contributed by atoms with E-state index >= 15 is 4.39 Å². The van der Waals surface area contributed by atoms with Crippen LogP contribution in [0, 0.1) is 23.4 Å². The van der Waals surface area contributed by atoms with Crippen LogP contribution in [0.1, 0.15) is 39.7 Å². The summed E-state index contributed by atoms with van der Waals surface area (Å²) in [6.45, 7) is 12.0. The Kier molecular flexibility index (Phi) is 11.2. The van der Waals surface area contributed by atoms with Gasteiger partial charge in [0.25, 0.3) is 0 Å². The molecular formula is C31H37F3N6O3. The molecule has 3 atom stereocenters. The van der Waals surface area contributed by atoms with Crippen molar-refractivity contribution in [1.29, 1.82) is 0 Å². The van der Waals surface area contributed by atoms with Gasteiger partial charge in [-0.3, -0.25) is 24.5 Å². The normalized spacial score (nSPS) is 17.3. The van der Waals surface area contributed by atoms with Crippen molar-refractivity contribution in [1.82, 2.24) is 15.2 Å². The highest BCUT2D eigenvalue weighted by Gasteiger charge is 2.36. The second kappa shape index (κ2) is 14.6. The number of amides is 2. The van der Waals surface area contributed by atoms with Gasteiger partial charge in [-0.2, -0.15) is 0 Å². The van der Waals surface area contributed by atoms with Crippen LogP contribution in [0.3, 0.4) is 0 Å². The Morgan fingerprint density at radius 2 is 1.86 bits per heavy atom. The van der Waals surface area contributed by atoms with Crippen molar-refractivity contribution in [2.75, 3.05) is 25.0 Å². The summed E-state index contributed by atoms with van der Waals surface area (Å²) in [4.78, 5) is 40.7. The summed E-state index contributed by atoms with van der Waals surface area (Å²) in [5, 5.41) is 13.1. The molecule has 1 aliphatic heterocycles. The van der Waals surface area contributed by atoms with Gasteiger partial charge in [0.2, 0.25) is 12.8 Å². The van der Waals surface area contributed by atoms with Gasteiger partial charge in [-0.05, 0) is 50.0 Å². The zero-order chi connectivity index (χ0) is 31.8. The van der Waals surface area contributed by atoms with Crippen molar-refractivity contribution in [3.8, 4) is 17.0 Å². The zero-order valence-corrected chi connectivity index (χ0v) is 24.9. The Morgan fingerprint density at radius 1 is 1.16 bits per heavy atom. The number of hydrogen-bond donors (Lipinski definition) is 2. The molecule has 1 aromatic heterocycles. The number of amidine groups is 1. The first kappa shape index (κ1) is 33.0. The highest BCUT2D eigenvalue weighted by Crippen LogP contribution is 2.37. The number of allylic oxidation sites excluding steroid dienone is 1. The van der Waals surface area contributed by atoms with E-state index in [4.69, 9.17) is 0 Å². The largest absolute Gasteiger partial charge is 0.507 e. The number of dihydropyridines is 1. The Labute approximate surface area is 249 Å². The molecule has 0 bridgehead atoms. The second-order valence-corrected chi connectivity index (χ2v) is 10.6. The lowest BCUT2D eigenvalue weighted by atomic mass is 9.89. The van der Waals surface area contributed by atoms with Gasteiger partial charge in [-0.1, -0.05) is 19.9 Å². The molecule has 0 saturated heterocycles. The maximum atomic E-state index is 16.0. The maximum absolute atomic E-state index is 16.0. The standard InChI is InChI=1S/C31H37F3N6O3/c1-7-8-11-39(20(5)15-36-16-41)30(35-6)22-13-25(34)28(21-12-23(32)24(33)14-26(21)43)38-31(22)40(17-42)29-19(4)9-10-37-27(29)18(2)3/h7,9-10,12-14,16-18,20,27,29,43H,1,8,11,15H2,2-6H3,(H,36,41)/b35-30+. The van der Waals surface area contributed by atoms with E-state index in [2.05, 4.69) is 26.9 Å². The molecule has 9 nitrogen and oxygen atoms in total. The summed E-state index contributed by atoms with van der Waals surface area (Å²) in [5.41, 5.74) is 0.0289. The SMILES string of the molecule is C=CCCN(/C(=N/C)c1cc(F)c(-c2cc(F)c(F)cc2O)nc1N(C=O)C1C(C)=CC=NC1C(C)C)C(C)CNC=O. The molecule has 230 valence electrons. The number of rotatable bonds is 13. The molecule has 0 fully saturated rings. The van der Waals surface area contributed by atoms with Crippen molar-refractivity contribution in [2.45, 2.75) is 52.2 Å². The van der Waals surface area contributed by atoms with Crippen molar-refractivity contribution in [3.63, 3.8) is 0 Å². The van der Waals surface area contributed by atoms with Gasteiger partial charge >= 0.3 is 0 Å². The van der Waals surface area contributed by atoms with Crippen LogP contribution in [0.5, 0.6) is 5.75 Å². The Morgan fingerprint density at radius 3 is 2.47 bits per heavy atom. The number of halogens is 3. The molecule has 0 aliphatic carbocycles. The van der Waals surface area contributed by atoms with Crippen molar-refractivity contribution in [2.24, 2.45) is 15.9 Å². The summed E-state index contributed by atoms with van der Waals surface area (Å²) < 4.78 is 44.1. The number of carbonyl (C=O) groups excluding carboxylic acids is 2. The summed E-state index contributed by atoms with van der Waals surface area (Å²) >= 11 is 0. The van der Waals surface area contributed by atoms with Crippen molar-refractivity contribution >= 4 is 30.7 Å². The second-order valence-electron chi connectivity index (χ2n) is 10.6. The molecule has 2 amide bonds. The fourth-order valence-electron chi connectivity index (χ4n) is 5.13. The number of phenolic OH excluding ortho intramolecular Hbond substituents is 1. The van der Waals surface area contributed by atoms with Crippen molar-refractivity contribution < 1.29 is 27.9 Å². The third-order valence-electron chi connectivity index (χ3n) is 7.30. The van der Waals surface area contributed by atoms with Gasteiger partial charge in [0.15, 0.2) is 17.5 Å². The summed E-state index contributed by atoms with van der Waals surface area (Å²) in [7, 11) is 1.51. The number of anilines is 1. The highest BCUT2D eigenvalue weighted by atomic mass is 19.2. The minimum atomic E-state index is -1.31. The van der Waals surface area contributed by atoms with E-state index in [0.717, 1.165) is 11.6 Å². The number of aromatic hydroxyl groups is 1. The van der Waals surface area contributed by atoms with E-state index in [-0.39, 0.29) is 41.8 Å². The Hall–Kier alpha value is -4.48. The highest BCUT2D eigenvalue weighted by molar-refractivity contribution is 6.05. The van der Waals surface area contributed by atoms with E-state index in [1.807, 2.05) is 32.6 Å². The molecule has 0 spiro atoms. The van der Waals surface area contributed by atoms with Crippen LogP contribution in [0.25, 0.3) is 11.3 Å². The molecule has 43 heavy (non-hydrogen) atoms. The zero-order valence-electron chi connectivity index (χ0n) is 24.9. The monoisotopic (exact) mass is 598 g/mol. The molecular weight excluding hydrogens is 561 g/mol.